The molecule has 1 N–H and O–H groups in total. The highest BCUT2D eigenvalue weighted by Gasteiger charge is 2.42. The van der Waals surface area contributed by atoms with Gasteiger partial charge in [-0.1, -0.05) is 25.5 Å². The second-order valence-electron chi connectivity index (χ2n) is 4.25. The molecule has 2 bridgehead atoms. The summed E-state index contributed by atoms with van der Waals surface area (Å²) in [5, 5.41) is 9.25. The smallest absolute Gasteiger partial charge is 0.0467 e. The fourth-order valence-electron chi connectivity index (χ4n) is 3.06. The molecule has 1 nitrogen and oxygen atoms in total. The van der Waals surface area contributed by atoms with Gasteiger partial charge in [0.1, 0.15) is 0 Å². The van der Waals surface area contributed by atoms with E-state index < -0.39 is 0 Å². The summed E-state index contributed by atoms with van der Waals surface area (Å²) in [5.41, 5.74) is 0. The standard InChI is InChI=1S/C11H18O/c1-2-3-10-8-4-5-9(6-8)11(10)7-12/h4-5,8-12H,2-3,6-7H2,1H3/t8-,9+,10-,11-/m1/s1. The summed E-state index contributed by atoms with van der Waals surface area (Å²) >= 11 is 0. The van der Waals surface area contributed by atoms with Crippen molar-refractivity contribution >= 4 is 0 Å². The highest BCUT2D eigenvalue weighted by Crippen LogP contribution is 2.49. The lowest BCUT2D eigenvalue weighted by Gasteiger charge is -2.25. The maximum Gasteiger partial charge on any atom is 0.0467 e. The molecule has 0 unspecified atom stereocenters. The van der Waals surface area contributed by atoms with Crippen molar-refractivity contribution in [3.63, 3.8) is 0 Å². The van der Waals surface area contributed by atoms with Gasteiger partial charge in [0.15, 0.2) is 0 Å². The first kappa shape index (κ1) is 8.31. The zero-order chi connectivity index (χ0) is 8.55. The lowest BCUT2D eigenvalue weighted by atomic mass is 9.81. The highest BCUT2D eigenvalue weighted by molar-refractivity contribution is 5.13. The van der Waals surface area contributed by atoms with Crippen LogP contribution >= 0.6 is 0 Å². The summed E-state index contributed by atoms with van der Waals surface area (Å²) in [7, 11) is 0. The maximum absolute atomic E-state index is 9.25. The summed E-state index contributed by atoms with van der Waals surface area (Å²) in [6.07, 6.45) is 8.57. The quantitative estimate of drug-likeness (QED) is 0.637. The molecule has 0 aromatic carbocycles. The van der Waals surface area contributed by atoms with Gasteiger partial charge in [0.25, 0.3) is 0 Å². The van der Waals surface area contributed by atoms with Crippen LogP contribution in [-0.4, -0.2) is 11.7 Å². The van der Waals surface area contributed by atoms with Crippen LogP contribution in [0.15, 0.2) is 12.2 Å². The van der Waals surface area contributed by atoms with E-state index in [1.54, 1.807) is 0 Å². The zero-order valence-electron chi connectivity index (χ0n) is 7.74. The lowest BCUT2D eigenvalue weighted by molar-refractivity contribution is 0.158. The molecule has 0 heterocycles. The van der Waals surface area contributed by atoms with Crippen molar-refractivity contribution < 1.29 is 5.11 Å². The number of allylic oxidation sites excluding steroid dienone is 2. The average Bonchev–Trinajstić information content (AvgIpc) is 2.64. The number of hydrogen-bond acceptors (Lipinski definition) is 1. The summed E-state index contributed by atoms with van der Waals surface area (Å²) in [6.45, 7) is 2.64. The van der Waals surface area contributed by atoms with Crippen LogP contribution in [-0.2, 0) is 0 Å². The molecule has 0 saturated heterocycles. The number of aliphatic hydroxyl groups excluding tert-OH is 1. The van der Waals surface area contributed by atoms with Crippen LogP contribution in [0.3, 0.4) is 0 Å². The van der Waals surface area contributed by atoms with E-state index in [1.807, 2.05) is 0 Å². The summed E-state index contributed by atoms with van der Waals surface area (Å²) in [6, 6.07) is 0. The number of fused-ring (bicyclic) bond motifs is 2. The van der Waals surface area contributed by atoms with Gasteiger partial charge in [0, 0.05) is 6.61 Å². The fourth-order valence-corrected chi connectivity index (χ4v) is 3.06. The van der Waals surface area contributed by atoms with E-state index in [0.29, 0.717) is 18.4 Å². The third-order valence-corrected chi connectivity index (χ3v) is 3.63. The molecule has 2 rings (SSSR count). The monoisotopic (exact) mass is 166 g/mol. The van der Waals surface area contributed by atoms with Crippen molar-refractivity contribution in [3.05, 3.63) is 12.2 Å². The second kappa shape index (κ2) is 3.21. The van der Waals surface area contributed by atoms with E-state index in [2.05, 4.69) is 19.1 Å². The van der Waals surface area contributed by atoms with E-state index in [0.717, 1.165) is 11.8 Å². The van der Waals surface area contributed by atoms with E-state index in [-0.39, 0.29) is 0 Å². The van der Waals surface area contributed by atoms with Gasteiger partial charge in [-0.3, -0.25) is 0 Å². The molecule has 1 saturated carbocycles. The topological polar surface area (TPSA) is 20.2 Å². The maximum atomic E-state index is 9.25. The van der Waals surface area contributed by atoms with E-state index in [4.69, 9.17) is 0 Å². The summed E-state index contributed by atoms with van der Waals surface area (Å²) in [4.78, 5) is 0. The highest BCUT2D eigenvalue weighted by atomic mass is 16.3. The van der Waals surface area contributed by atoms with Crippen LogP contribution in [0.1, 0.15) is 26.2 Å². The molecule has 2 aliphatic rings. The third kappa shape index (κ3) is 1.11. The van der Waals surface area contributed by atoms with Crippen molar-refractivity contribution in [3.8, 4) is 0 Å². The molecule has 0 spiro atoms. The van der Waals surface area contributed by atoms with E-state index in [1.165, 1.54) is 19.3 Å². The van der Waals surface area contributed by atoms with Crippen LogP contribution in [0.25, 0.3) is 0 Å². The Balaban J connectivity index is 2.07. The summed E-state index contributed by atoms with van der Waals surface area (Å²) < 4.78 is 0. The predicted molar refractivity (Wildman–Crippen MR) is 49.7 cm³/mol. The van der Waals surface area contributed by atoms with Crippen LogP contribution in [0.4, 0.5) is 0 Å². The number of rotatable bonds is 3. The van der Waals surface area contributed by atoms with Gasteiger partial charge in [-0.15, -0.1) is 0 Å². The van der Waals surface area contributed by atoms with Gasteiger partial charge in [0.2, 0.25) is 0 Å². The molecule has 4 atom stereocenters. The Kier molecular flexibility index (Phi) is 2.22. The molecule has 0 radical (unpaired) electrons. The first-order valence-corrected chi connectivity index (χ1v) is 5.16. The van der Waals surface area contributed by atoms with Gasteiger partial charge in [0.05, 0.1) is 0 Å². The van der Waals surface area contributed by atoms with Crippen molar-refractivity contribution in [2.24, 2.45) is 23.7 Å². The van der Waals surface area contributed by atoms with Gasteiger partial charge in [-0.05, 0) is 36.5 Å². The molecule has 0 aromatic rings. The lowest BCUT2D eigenvalue weighted by Crippen LogP contribution is -2.22. The Morgan fingerprint density at radius 2 is 1.92 bits per heavy atom. The average molecular weight is 166 g/mol. The molecule has 1 heteroatoms. The first-order chi connectivity index (χ1) is 5.86. The van der Waals surface area contributed by atoms with Crippen LogP contribution in [0, 0.1) is 23.7 Å². The Morgan fingerprint density at radius 1 is 1.25 bits per heavy atom. The molecule has 0 aliphatic heterocycles. The van der Waals surface area contributed by atoms with E-state index in [9.17, 15) is 5.11 Å². The predicted octanol–water partition coefficient (Wildman–Crippen LogP) is 2.22. The van der Waals surface area contributed by atoms with Gasteiger partial charge in [-0.2, -0.15) is 0 Å². The summed E-state index contributed by atoms with van der Waals surface area (Å²) in [5.74, 6) is 2.87. The molecule has 1 fully saturated rings. The Labute approximate surface area is 74.5 Å². The van der Waals surface area contributed by atoms with Crippen LogP contribution in [0.5, 0.6) is 0 Å². The van der Waals surface area contributed by atoms with Gasteiger partial charge >= 0.3 is 0 Å². The fraction of sp³-hybridized carbons (Fsp3) is 0.818. The number of aliphatic hydroxyl groups is 1. The molecule has 12 heavy (non-hydrogen) atoms. The minimum absolute atomic E-state index is 0.399. The minimum Gasteiger partial charge on any atom is -0.396 e. The molecular formula is C11H18O. The van der Waals surface area contributed by atoms with Gasteiger partial charge in [-0.25, -0.2) is 0 Å². The Morgan fingerprint density at radius 3 is 2.50 bits per heavy atom. The normalized spacial score (nSPS) is 44.2. The largest absolute Gasteiger partial charge is 0.396 e. The SMILES string of the molecule is CCC[C@H]1[C@H](CO)[C@H]2C=C[C@@H]1C2. The number of hydrogen-bond donors (Lipinski definition) is 1. The molecule has 0 aromatic heterocycles. The first-order valence-electron chi connectivity index (χ1n) is 5.16. The minimum atomic E-state index is 0.399. The third-order valence-electron chi connectivity index (χ3n) is 3.63. The Hall–Kier alpha value is -0.300. The molecule has 0 amide bonds. The molecule has 2 aliphatic carbocycles. The zero-order valence-corrected chi connectivity index (χ0v) is 7.74. The van der Waals surface area contributed by atoms with Crippen LogP contribution in [0.2, 0.25) is 0 Å². The van der Waals surface area contributed by atoms with E-state index >= 15 is 0 Å². The van der Waals surface area contributed by atoms with Crippen molar-refractivity contribution in [1.29, 1.82) is 0 Å². The molecular weight excluding hydrogens is 148 g/mol. The van der Waals surface area contributed by atoms with Crippen molar-refractivity contribution in [1.82, 2.24) is 0 Å². The Bertz CT molecular complexity index is 185. The second-order valence-corrected chi connectivity index (χ2v) is 4.25. The van der Waals surface area contributed by atoms with Gasteiger partial charge < -0.3 is 5.11 Å². The van der Waals surface area contributed by atoms with Crippen LogP contribution < -0.4 is 0 Å². The van der Waals surface area contributed by atoms with Crippen molar-refractivity contribution in [2.45, 2.75) is 26.2 Å². The van der Waals surface area contributed by atoms with Crippen molar-refractivity contribution in [2.75, 3.05) is 6.61 Å². The molecule has 68 valence electrons.